The van der Waals surface area contributed by atoms with Gasteiger partial charge in [-0.05, 0) is 12.8 Å². The molecule has 0 saturated carbocycles. The van der Waals surface area contributed by atoms with Gasteiger partial charge in [-0.1, -0.05) is 0 Å². The number of hydrogen-bond donors (Lipinski definition) is 1. The smallest absolute Gasteiger partial charge is 0.225 e. The summed E-state index contributed by atoms with van der Waals surface area (Å²) in [6.07, 6.45) is 2.14. The van der Waals surface area contributed by atoms with Crippen LogP contribution in [0.5, 0.6) is 0 Å². The Hall–Kier alpha value is -0.570. The van der Waals surface area contributed by atoms with Crippen LogP contribution < -0.4 is 5.32 Å². The van der Waals surface area contributed by atoms with Gasteiger partial charge in [-0.3, -0.25) is 4.79 Å². The fourth-order valence-electron chi connectivity index (χ4n) is 1.70. The molecule has 10 heavy (non-hydrogen) atoms. The Balaban J connectivity index is 2.10. The van der Waals surface area contributed by atoms with Gasteiger partial charge in [0, 0.05) is 13.2 Å². The van der Waals surface area contributed by atoms with Crippen molar-refractivity contribution in [2.45, 2.75) is 18.9 Å². The average Bonchev–Trinajstić information content (AvgIpc) is 2.36. The van der Waals surface area contributed by atoms with Crippen LogP contribution in [0.25, 0.3) is 0 Å². The summed E-state index contributed by atoms with van der Waals surface area (Å²) in [7, 11) is 0. The number of piperidine rings is 1. The van der Waals surface area contributed by atoms with Crippen molar-refractivity contribution in [1.82, 2.24) is 5.32 Å². The molecule has 0 bridgehead atoms. The Bertz CT molecular complexity index is 158. The first-order valence-corrected chi connectivity index (χ1v) is 3.77. The highest BCUT2D eigenvalue weighted by molar-refractivity contribution is 5.80. The highest BCUT2D eigenvalue weighted by Gasteiger charge is 2.36. The van der Waals surface area contributed by atoms with E-state index in [0.717, 1.165) is 26.0 Å². The van der Waals surface area contributed by atoms with Gasteiger partial charge in [0.25, 0.3) is 0 Å². The van der Waals surface area contributed by atoms with E-state index in [9.17, 15) is 4.79 Å². The fourth-order valence-corrected chi connectivity index (χ4v) is 1.70. The molecule has 1 N–H and O–H groups in total. The van der Waals surface area contributed by atoms with Gasteiger partial charge in [0.05, 0.1) is 12.0 Å². The maximum absolute atomic E-state index is 11.1. The largest absolute Gasteiger partial charge is 0.377 e. The molecule has 1 amide bonds. The van der Waals surface area contributed by atoms with E-state index in [4.69, 9.17) is 4.74 Å². The van der Waals surface area contributed by atoms with Gasteiger partial charge in [0.1, 0.15) is 0 Å². The topological polar surface area (TPSA) is 38.3 Å². The molecule has 56 valence electrons. The molecule has 2 fully saturated rings. The first-order chi connectivity index (χ1) is 4.88. The molecule has 0 aromatic carbocycles. The van der Waals surface area contributed by atoms with Gasteiger partial charge in [-0.2, -0.15) is 0 Å². The number of carbonyl (C=O) groups excluding carboxylic acids is 1. The molecule has 2 aliphatic rings. The lowest BCUT2D eigenvalue weighted by Crippen LogP contribution is -2.42. The molecule has 3 nitrogen and oxygen atoms in total. The summed E-state index contributed by atoms with van der Waals surface area (Å²) in [5.74, 6) is 0.350. The minimum atomic E-state index is 0.161. The predicted molar refractivity (Wildman–Crippen MR) is 35.5 cm³/mol. The molecule has 3 heteroatoms. The van der Waals surface area contributed by atoms with E-state index < -0.39 is 0 Å². The summed E-state index contributed by atoms with van der Waals surface area (Å²) >= 11 is 0. The Morgan fingerprint density at radius 3 is 3.20 bits per heavy atom. The predicted octanol–water partition coefficient (Wildman–Crippen LogP) is -0.0886. The third kappa shape index (κ3) is 0.814. The molecule has 0 radical (unpaired) electrons. The molecular weight excluding hydrogens is 130 g/mol. The summed E-state index contributed by atoms with van der Waals surface area (Å²) < 4.78 is 5.37. The lowest BCUT2D eigenvalue weighted by molar-refractivity contribution is -0.128. The molecule has 0 aromatic rings. The maximum atomic E-state index is 11.1. The van der Waals surface area contributed by atoms with Crippen LogP contribution in [-0.4, -0.2) is 25.2 Å². The van der Waals surface area contributed by atoms with Gasteiger partial charge in [0.15, 0.2) is 0 Å². The Morgan fingerprint density at radius 1 is 1.50 bits per heavy atom. The lowest BCUT2D eigenvalue weighted by atomic mass is 9.95. The van der Waals surface area contributed by atoms with Crippen molar-refractivity contribution in [2.24, 2.45) is 5.92 Å². The third-order valence-electron chi connectivity index (χ3n) is 2.27. The van der Waals surface area contributed by atoms with E-state index in [1.807, 2.05) is 0 Å². The summed E-state index contributed by atoms with van der Waals surface area (Å²) in [6, 6.07) is 0. The number of amides is 1. The molecule has 2 unspecified atom stereocenters. The number of ether oxygens (including phenoxy) is 1. The van der Waals surface area contributed by atoms with Crippen LogP contribution in [0, 0.1) is 5.92 Å². The first-order valence-electron chi connectivity index (χ1n) is 3.77. The van der Waals surface area contributed by atoms with E-state index in [-0.39, 0.29) is 17.9 Å². The van der Waals surface area contributed by atoms with Gasteiger partial charge in [-0.15, -0.1) is 0 Å². The highest BCUT2D eigenvalue weighted by atomic mass is 16.5. The number of hydrogen-bond acceptors (Lipinski definition) is 2. The van der Waals surface area contributed by atoms with Crippen LogP contribution in [0.2, 0.25) is 0 Å². The summed E-state index contributed by atoms with van der Waals surface area (Å²) in [5.41, 5.74) is 0. The average molecular weight is 141 g/mol. The van der Waals surface area contributed by atoms with Crippen LogP contribution >= 0.6 is 0 Å². The standard InChI is InChI=1S/C7H11NO2/c9-7-5-2-4-10-6(5)1-3-8-7/h5-6H,1-4H2,(H,8,9). The van der Waals surface area contributed by atoms with Crippen LogP contribution in [0.15, 0.2) is 0 Å². The van der Waals surface area contributed by atoms with Gasteiger partial charge < -0.3 is 10.1 Å². The zero-order chi connectivity index (χ0) is 6.97. The van der Waals surface area contributed by atoms with E-state index in [1.54, 1.807) is 0 Å². The third-order valence-corrected chi connectivity index (χ3v) is 2.27. The van der Waals surface area contributed by atoms with Crippen molar-refractivity contribution in [3.05, 3.63) is 0 Å². The zero-order valence-electron chi connectivity index (χ0n) is 5.80. The van der Waals surface area contributed by atoms with Crippen LogP contribution in [0.4, 0.5) is 0 Å². The number of rotatable bonds is 0. The van der Waals surface area contributed by atoms with Crippen molar-refractivity contribution in [3.63, 3.8) is 0 Å². The molecule has 2 atom stereocenters. The Kier molecular flexibility index (Phi) is 1.38. The van der Waals surface area contributed by atoms with E-state index in [2.05, 4.69) is 5.32 Å². The molecule has 0 spiro atoms. The Morgan fingerprint density at radius 2 is 2.40 bits per heavy atom. The lowest BCUT2D eigenvalue weighted by Gasteiger charge is -2.23. The second-order valence-corrected chi connectivity index (χ2v) is 2.88. The molecule has 2 heterocycles. The SMILES string of the molecule is O=C1NCCC2OCCC12. The number of carbonyl (C=O) groups is 1. The summed E-state index contributed by atoms with van der Waals surface area (Å²) in [4.78, 5) is 11.1. The monoisotopic (exact) mass is 141 g/mol. The Labute approximate surface area is 59.7 Å². The van der Waals surface area contributed by atoms with Crippen molar-refractivity contribution in [2.75, 3.05) is 13.2 Å². The second-order valence-electron chi connectivity index (χ2n) is 2.88. The first kappa shape index (κ1) is 6.16. The van der Waals surface area contributed by atoms with E-state index in [0.29, 0.717) is 0 Å². The van der Waals surface area contributed by atoms with Gasteiger partial charge in [0.2, 0.25) is 5.91 Å². The zero-order valence-corrected chi connectivity index (χ0v) is 5.80. The number of nitrogens with one attached hydrogen (secondary N) is 1. The van der Waals surface area contributed by atoms with Gasteiger partial charge in [-0.25, -0.2) is 0 Å². The summed E-state index contributed by atoms with van der Waals surface area (Å²) in [5, 5.41) is 2.83. The van der Waals surface area contributed by atoms with Crippen LogP contribution in [0.3, 0.4) is 0 Å². The normalized spacial score (nSPS) is 39.0. The molecular formula is C7H11NO2. The molecule has 2 aliphatic heterocycles. The van der Waals surface area contributed by atoms with Crippen molar-refractivity contribution >= 4 is 5.91 Å². The second kappa shape index (κ2) is 2.23. The van der Waals surface area contributed by atoms with E-state index in [1.165, 1.54) is 0 Å². The number of fused-ring (bicyclic) bond motifs is 1. The summed E-state index contributed by atoms with van der Waals surface area (Å²) in [6.45, 7) is 1.56. The molecule has 2 rings (SSSR count). The van der Waals surface area contributed by atoms with Gasteiger partial charge >= 0.3 is 0 Å². The molecule has 2 saturated heterocycles. The van der Waals surface area contributed by atoms with Crippen molar-refractivity contribution < 1.29 is 9.53 Å². The molecule has 0 aromatic heterocycles. The molecule has 0 aliphatic carbocycles. The maximum Gasteiger partial charge on any atom is 0.225 e. The van der Waals surface area contributed by atoms with Crippen LogP contribution in [-0.2, 0) is 9.53 Å². The van der Waals surface area contributed by atoms with E-state index >= 15 is 0 Å². The fraction of sp³-hybridized carbons (Fsp3) is 0.857. The minimum Gasteiger partial charge on any atom is -0.377 e. The van der Waals surface area contributed by atoms with Crippen molar-refractivity contribution in [3.8, 4) is 0 Å². The van der Waals surface area contributed by atoms with Crippen LogP contribution in [0.1, 0.15) is 12.8 Å². The minimum absolute atomic E-state index is 0.161. The highest BCUT2D eigenvalue weighted by Crippen LogP contribution is 2.25. The quantitative estimate of drug-likeness (QED) is 0.512. The van der Waals surface area contributed by atoms with Crippen molar-refractivity contribution in [1.29, 1.82) is 0 Å².